The molecule has 1 aromatic rings. The van der Waals surface area contributed by atoms with Gasteiger partial charge in [0.2, 0.25) is 0 Å². The van der Waals surface area contributed by atoms with Crippen LogP contribution in [0.4, 0.5) is 10.1 Å². The molecule has 0 heterocycles. The molecule has 0 atom stereocenters. The van der Waals surface area contributed by atoms with E-state index in [4.69, 9.17) is 0 Å². The maximum Gasteiger partial charge on any atom is 0.289 e. The van der Waals surface area contributed by atoms with Gasteiger partial charge in [0.15, 0.2) is 0 Å². The van der Waals surface area contributed by atoms with E-state index < -0.39 is 10.7 Å². The summed E-state index contributed by atoms with van der Waals surface area (Å²) < 4.78 is 12.7. The molecular weight excluding hydrogens is 229 g/mol. The molecule has 0 amide bonds. The second kappa shape index (κ2) is 3.18. The molecule has 12 heavy (non-hydrogen) atoms. The number of hydrogen-bond acceptors (Lipinski definition) is 2. The van der Waals surface area contributed by atoms with Crippen LogP contribution < -0.4 is 0 Å². The van der Waals surface area contributed by atoms with Crippen LogP contribution in [-0.2, 0) is 0 Å². The van der Waals surface area contributed by atoms with E-state index in [9.17, 15) is 14.5 Å². The molecule has 0 aliphatic carbocycles. The monoisotopic (exact) mass is 233 g/mol. The van der Waals surface area contributed by atoms with Gasteiger partial charge in [-0.15, -0.1) is 0 Å². The average Bonchev–Trinajstić information content (AvgIpc) is 1.97. The van der Waals surface area contributed by atoms with Crippen LogP contribution in [0.15, 0.2) is 16.6 Å². The molecule has 3 nitrogen and oxygen atoms in total. The van der Waals surface area contributed by atoms with Crippen molar-refractivity contribution in [3.05, 3.63) is 38.1 Å². The molecule has 0 bridgehead atoms. The molecule has 0 aromatic heterocycles. The van der Waals surface area contributed by atoms with Crippen molar-refractivity contribution in [3.63, 3.8) is 0 Å². The molecule has 0 saturated carbocycles. The minimum absolute atomic E-state index is 0.0903. The van der Waals surface area contributed by atoms with Crippen LogP contribution in [0.25, 0.3) is 0 Å². The Labute approximate surface area is 76.5 Å². The lowest BCUT2D eigenvalue weighted by molar-refractivity contribution is -0.386. The number of rotatable bonds is 1. The van der Waals surface area contributed by atoms with Crippen molar-refractivity contribution in [2.24, 2.45) is 0 Å². The minimum Gasteiger partial charge on any atom is -0.258 e. The Kier molecular flexibility index (Phi) is 2.42. The predicted octanol–water partition coefficient (Wildman–Crippen LogP) is 2.80. The van der Waals surface area contributed by atoms with Crippen molar-refractivity contribution in [1.29, 1.82) is 0 Å². The summed E-state index contributed by atoms with van der Waals surface area (Å²) in [4.78, 5) is 9.80. The zero-order chi connectivity index (χ0) is 9.30. The fourth-order valence-corrected chi connectivity index (χ4v) is 1.45. The van der Waals surface area contributed by atoms with E-state index in [1.807, 2.05) is 0 Å². The summed E-state index contributed by atoms with van der Waals surface area (Å²) in [5.74, 6) is -0.618. The molecule has 0 spiro atoms. The average molecular weight is 234 g/mol. The third kappa shape index (κ3) is 1.45. The Balaban J connectivity index is 3.43. The van der Waals surface area contributed by atoms with Gasteiger partial charge in [0.25, 0.3) is 5.69 Å². The minimum atomic E-state index is -0.618. The number of nitrogens with zero attached hydrogens (tertiary/aromatic N) is 1. The second-order valence-electron chi connectivity index (χ2n) is 2.28. The lowest BCUT2D eigenvalue weighted by Gasteiger charge is -1.99. The Morgan fingerprint density at radius 2 is 2.17 bits per heavy atom. The van der Waals surface area contributed by atoms with Crippen LogP contribution in [0.3, 0.4) is 0 Å². The largest absolute Gasteiger partial charge is 0.289 e. The summed E-state index contributed by atoms with van der Waals surface area (Å²) >= 11 is 2.81. The van der Waals surface area contributed by atoms with Gasteiger partial charge in [-0.05, 0) is 35.0 Å². The molecule has 0 aliphatic rings. The zero-order valence-electron chi connectivity index (χ0n) is 6.17. The van der Waals surface area contributed by atoms with Gasteiger partial charge in [-0.25, -0.2) is 4.39 Å². The van der Waals surface area contributed by atoms with Crippen molar-refractivity contribution in [2.45, 2.75) is 6.92 Å². The number of nitro benzene ring substituents is 1. The Morgan fingerprint density at radius 3 is 2.58 bits per heavy atom. The molecule has 0 saturated heterocycles. The highest BCUT2D eigenvalue weighted by Crippen LogP contribution is 2.30. The van der Waals surface area contributed by atoms with Gasteiger partial charge < -0.3 is 0 Å². The highest BCUT2D eigenvalue weighted by molar-refractivity contribution is 9.10. The maximum absolute atomic E-state index is 12.8. The molecular formula is C7H5BrFNO2. The number of hydrogen-bond donors (Lipinski definition) is 0. The quantitative estimate of drug-likeness (QED) is 0.553. The lowest BCUT2D eigenvalue weighted by Crippen LogP contribution is -1.94. The number of halogens is 2. The van der Waals surface area contributed by atoms with Crippen LogP contribution in [0.1, 0.15) is 5.56 Å². The Hall–Kier alpha value is -0.970. The molecule has 1 aromatic carbocycles. The molecule has 0 fully saturated rings. The lowest BCUT2D eigenvalue weighted by atomic mass is 10.2. The van der Waals surface area contributed by atoms with Crippen molar-refractivity contribution >= 4 is 21.6 Å². The van der Waals surface area contributed by atoms with Gasteiger partial charge >= 0.3 is 0 Å². The molecule has 0 radical (unpaired) electrons. The highest BCUT2D eigenvalue weighted by Gasteiger charge is 2.18. The smallest absolute Gasteiger partial charge is 0.258 e. The van der Waals surface area contributed by atoms with Gasteiger partial charge in [0, 0.05) is 5.56 Å². The number of nitro groups is 1. The molecule has 1 rings (SSSR count). The fourth-order valence-electron chi connectivity index (χ4n) is 0.861. The number of benzene rings is 1. The van der Waals surface area contributed by atoms with E-state index >= 15 is 0 Å². The van der Waals surface area contributed by atoms with Crippen LogP contribution in [0.2, 0.25) is 0 Å². The first-order valence-corrected chi connectivity index (χ1v) is 3.92. The maximum atomic E-state index is 12.8. The first-order chi connectivity index (χ1) is 5.54. The first-order valence-electron chi connectivity index (χ1n) is 3.13. The summed E-state index contributed by atoms with van der Waals surface area (Å²) in [5.41, 5.74) is 0.225. The first kappa shape index (κ1) is 9.12. The molecule has 0 N–H and O–H groups in total. The van der Waals surface area contributed by atoms with E-state index in [0.717, 1.165) is 0 Å². The predicted molar refractivity (Wildman–Crippen MR) is 45.5 cm³/mol. The van der Waals surface area contributed by atoms with Crippen LogP contribution in [-0.4, -0.2) is 4.92 Å². The van der Waals surface area contributed by atoms with Gasteiger partial charge in [0.1, 0.15) is 10.3 Å². The van der Waals surface area contributed by atoms with E-state index in [1.165, 1.54) is 12.1 Å². The van der Waals surface area contributed by atoms with Gasteiger partial charge in [-0.1, -0.05) is 0 Å². The van der Waals surface area contributed by atoms with Crippen molar-refractivity contribution in [2.75, 3.05) is 0 Å². The van der Waals surface area contributed by atoms with Crippen LogP contribution in [0.5, 0.6) is 0 Å². The Morgan fingerprint density at radius 1 is 1.58 bits per heavy atom. The summed E-state index contributed by atoms with van der Waals surface area (Å²) in [7, 11) is 0. The summed E-state index contributed by atoms with van der Waals surface area (Å²) in [6.45, 7) is 1.56. The third-order valence-corrected chi connectivity index (χ3v) is 2.21. The van der Waals surface area contributed by atoms with Crippen LogP contribution in [0, 0.1) is 22.9 Å². The SMILES string of the molecule is Cc1ccc(F)c(Br)c1[N+](=O)[O-]. The van der Waals surface area contributed by atoms with E-state index in [-0.39, 0.29) is 10.2 Å². The molecule has 64 valence electrons. The standard InChI is InChI=1S/C7H5BrFNO2/c1-4-2-3-5(9)6(8)7(4)10(11)12/h2-3H,1H3. The van der Waals surface area contributed by atoms with E-state index in [1.54, 1.807) is 6.92 Å². The zero-order valence-corrected chi connectivity index (χ0v) is 7.76. The summed E-state index contributed by atoms with van der Waals surface area (Å²) in [6.07, 6.45) is 0. The molecule has 5 heteroatoms. The summed E-state index contributed by atoms with van der Waals surface area (Å²) in [6, 6.07) is 2.56. The van der Waals surface area contributed by atoms with Gasteiger partial charge in [0.05, 0.1) is 4.92 Å². The third-order valence-electron chi connectivity index (χ3n) is 1.45. The summed E-state index contributed by atoms with van der Waals surface area (Å²) in [5, 5.41) is 10.4. The van der Waals surface area contributed by atoms with E-state index in [0.29, 0.717) is 5.56 Å². The molecule has 0 aliphatic heterocycles. The van der Waals surface area contributed by atoms with Gasteiger partial charge in [-0.2, -0.15) is 0 Å². The number of aryl methyl sites for hydroxylation is 1. The van der Waals surface area contributed by atoms with Crippen molar-refractivity contribution < 1.29 is 9.31 Å². The van der Waals surface area contributed by atoms with Crippen LogP contribution >= 0.6 is 15.9 Å². The highest BCUT2D eigenvalue weighted by atomic mass is 79.9. The van der Waals surface area contributed by atoms with Crippen molar-refractivity contribution in [3.8, 4) is 0 Å². The van der Waals surface area contributed by atoms with Crippen molar-refractivity contribution in [1.82, 2.24) is 0 Å². The normalized spacial score (nSPS) is 9.92. The topological polar surface area (TPSA) is 43.1 Å². The fraction of sp³-hybridized carbons (Fsp3) is 0.143. The van der Waals surface area contributed by atoms with Gasteiger partial charge in [-0.3, -0.25) is 10.1 Å². The van der Waals surface area contributed by atoms with E-state index in [2.05, 4.69) is 15.9 Å². The molecule has 0 unspecified atom stereocenters. The Bertz CT molecular complexity index is 340. The second-order valence-corrected chi connectivity index (χ2v) is 3.08.